The van der Waals surface area contributed by atoms with Gasteiger partial charge in [0, 0.05) is 0 Å². The van der Waals surface area contributed by atoms with Crippen LogP contribution in [-0.4, -0.2) is 43.5 Å². The van der Waals surface area contributed by atoms with E-state index in [0.29, 0.717) is 17.1 Å². The molecule has 3 aromatic rings. The average molecular weight is 480 g/mol. The first-order valence-electron chi connectivity index (χ1n) is 11.1. The second-order valence-corrected chi connectivity index (χ2v) is 7.74. The lowest BCUT2D eigenvalue weighted by atomic mass is 10.0. The van der Waals surface area contributed by atoms with Crippen molar-refractivity contribution in [1.82, 2.24) is 5.32 Å². The van der Waals surface area contributed by atoms with Crippen molar-refractivity contribution in [3.8, 4) is 11.5 Å². The molecule has 1 amide bonds. The predicted molar refractivity (Wildman–Crippen MR) is 129 cm³/mol. The second kappa shape index (κ2) is 13.0. The van der Waals surface area contributed by atoms with Crippen molar-refractivity contribution >= 4 is 12.1 Å². The lowest BCUT2D eigenvalue weighted by molar-refractivity contribution is -0.156. The molecule has 0 bridgehead atoms. The molecule has 0 aliphatic carbocycles. The van der Waals surface area contributed by atoms with Gasteiger partial charge in [-0.1, -0.05) is 66.7 Å². The van der Waals surface area contributed by atoms with Gasteiger partial charge in [-0.25, -0.2) is 9.59 Å². The van der Waals surface area contributed by atoms with Crippen LogP contribution in [0.2, 0.25) is 0 Å². The van der Waals surface area contributed by atoms with Gasteiger partial charge in [0.25, 0.3) is 0 Å². The monoisotopic (exact) mass is 479 g/mol. The molecular weight excluding hydrogens is 450 g/mol. The highest BCUT2D eigenvalue weighted by Crippen LogP contribution is 2.28. The summed E-state index contributed by atoms with van der Waals surface area (Å²) in [6.07, 6.45) is -2.28. The molecule has 2 unspecified atom stereocenters. The minimum Gasteiger partial charge on any atom is -0.493 e. The van der Waals surface area contributed by atoms with Gasteiger partial charge in [-0.05, 0) is 35.2 Å². The summed E-state index contributed by atoms with van der Waals surface area (Å²) in [7, 11) is 3.03. The summed E-state index contributed by atoms with van der Waals surface area (Å²) in [6, 6.07) is 22.5. The van der Waals surface area contributed by atoms with Crippen LogP contribution in [-0.2, 0) is 33.9 Å². The van der Waals surface area contributed by atoms with E-state index in [4.69, 9.17) is 18.9 Å². The molecule has 3 rings (SSSR count). The Hall–Kier alpha value is -4.04. The molecule has 0 aliphatic rings. The van der Waals surface area contributed by atoms with Gasteiger partial charge in [0.05, 0.1) is 20.3 Å². The van der Waals surface area contributed by atoms with Crippen molar-refractivity contribution in [3.05, 3.63) is 95.6 Å². The SMILES string of the molecule is COc1ccc(CC(NC(=O)OCc2ccccc2)C(O)C(=O)OCc2ccccc2)cc1OC. The van der Waals surface area contributed by atoms with Crippen LogP contribution in [0.5, 0.6) is 11.5 Å². The van der Waals surface area contributed by atoms with E-state index in [0.717, 1.165) is 11.1 Å². The van der Waals surface area contributed by atoms with Crippen LogP contribution >= 0.6 is 0 Å². The number of nitrogens with one attached hydrogen (secondary N) is 1. The van der Waals surface area contributed by atoms with Gasteiger partial charge in [0.2, 0.25) is 0 Å². The summed E-state index contributed by atoms with van der Waals surface area (Å²) in [4.78, 5) is 25.1. The Morgan fingerprint density at radius 3 is 1.91 bits per heavy atom. The fourth-order valence-electron chi connectivity index (χ4n) is 3.40. The van der Waals surface area contributed by atoms with Gasteiger partial charge in [0.15, 0.2) is 17.6 Å². The maximum Gasteiger partial charge on any atom is 0.407 e. The van der Waals surface area contributed by atoms with E-state index in [1.807, 2.05) is 48.5 Å². The van der Waals surface area contributed by atoms with Crippen molar-refractivity contribution in [1.29, 1.82) is 0 Å². The largest absolute Gasteiger partial charge is 0.493 e. The molecule has 0 fully saturated rings. The van der Waals surface area contributed by atoms with Crippen LogP contribution < -0.4 is 14.8 Å². The number of rotatable bonds is 11. The Balaban J connectivity index is 1.70. The van der Waals surface area contributed by atoms with E-state index in [1.165, 1.54) is 14.2 Å². The molecule has 8 heteroatoms. The van der Waals surface area contributed by atoms with Crippen molar-refractivity contribution in [2.75, 3.05) is 14.2 Å². The van der Waals surface area contributed by atoms with Crippen molar-refractivity contribution in [3.63, 3.8) is 0 Å². The summed E-state index contributed by atoms with van der Waals surface area (Å²) in [5.74, 6) is 0.157. The van der Waals surface area contributed by atoms with Crippen LogP contribution in [0, 0.1) is 0 Å². The number of carbonyl (C=O) groups excluding carboxylic acids is 2. The van der Waals surface area contributed by atoms with Crippen molar-refractivity contribution in [2.45, 2.75) is 31.8 Å². The lowest BCUT2D eigenvalue weighted by Gasteiger charge is -2.23. The first-order valence-corrected chi connectivity index (χ1v) is 11.1. The molecular formula is C27H29NO7. The quantitative estimate of drug-likeness (QED) is 0.405. The number of benzene rings is 3. The fraction of sp³-hybridized carbons (Fsp3) is 0.259. The third-order valence-electron chi connectivity index (χ3n) is 5.27. The zero-order chi connectivity index (χ0) is 25.0. The highest BCUT2D eigenvalue weighted by atomic mass is 16.6. The van der Waals surface area contributed by atoms with Gasteiger partial charge < -0.3 is 29.4 Å². The second-order valence-electron chi connectivity index (χ2n) is 7.74. The van der Waals surface area contributed by atoms with E-state index in [9.17, 15) is 14.7 Å². The smallest absolute Gasteiger partial charge is 0.407 e. The molecule has 0 saturated heterocycles. The predicted octanol–water partition coefficient (Wildman–Crippen LogP) is 3.65. The van der Waals surface area contributed by atoms with E-state index in [1.54, 1.807) is 30.3 Å². The maximum atomic E-state index is 12.6. The average Bonchev–Trinajstić information content (AvgIpc) is 2.90. The molecule has 2 atom stereocenters. The van der Waals surface area contributed by atoms with Crippen LogP contribution in [0.4, 0.5) is 4.79 Å². The first-order chi connectivity index (χ1) is 17.0. The molecule has 0 spiro atoms. The Morgan fingerprint density at radius 1 is 0.771 bits per heavy atom. The number of hydrogen-bond donors (Lipinski definition) is 2. The number of hydrogen-bond acceptors (Lipinski definition) is 7. The Kier molecular flexibility index (Phi) is 9.50. The van der Waals surface area contributed by atoms with Gasteiger partial charge in [0.1, 0.15) is 13.2 Å². The number of methoxy groups -OCH3 is 2. The minimum atomic E-state index is -1.63. The maximum absolute atomic E-state index is 12.6. The van der Waals surface area contributed by atoms with Crippen LogP contribution in [0.25, 0.3) is 0 Å². The van der Waals surface area contributed by atoms with Crippen LogP contribution in [0.1, 0.15) is 16.7 Å². The Bertz CT molecular complexity index is 1090. The molecule has 2 N–H and O–H groups in total. The molecule has 8 nitrogen and oxygen atoms in total. The molecule has 0 radical (unpaired) electrons. The molecule has 3 aromatic carbocycles. The number of aliphatic hydroxyl groups is 1. The van der Waals surface area contributed by atoms with Crippen molar-refractivity contribution < 1.29 is 33.6 Å². The molecule has 0 saturated carbocycles. The van der Waals surface area contributed by atoms with E-state index in [-0.39, 0.29) is 19.6 Å². The van der Waals surface area contributed by atoms with E-state index >= 15 is 0 Å². The number of esters is 1. The zero-order valence-corrected chi connectivity index (χ0v) is 19.7. The molecule has 184 valence electrons. The summed E-state index contributed by atoms with van der Waals surface area (Å²) in [5.41, 5.74) is 2.28. The van der Waals surface area contributed by atoms with Gasteiger partial charge in [-0.2, -0.15) is 0 Å². The summed E-state index contributed by atoms with van der Waals surface area (Å²) < 4.78 is 21.1. The first kappa shape index (κ1) is 25.6. The highest BCUT2D eigenvalue weighted by Gasteiger charge is 2.30. The molecule has 0 heterocycles. The van der Waals surface area contributed by atoms with Crippen molar-refractivity contribution in [2.24, 2.45) is 0 Å². The van der Waals surface area contributed by atoms with Crippen LogP contribution in [0.15, 0.2) is 78.9 Å². The number of amides is 1. The highest BCUT2D eigenvalue weighted by molar-refractivity contribution is 5.77. The molecule has 35 heavy (non-hydrogen) atoms. The Labute approximate surface area is 204 Å². The van der Waals surface area contributed by atoms with Crippen LogP contribution in [0.3, 0.4) is 0 Å². The normalized spacial score (nSPS) is 12.2. The Morgan fingerprint density at radius 2 is 1.34 bits per heavy atom. The third-order valence-corrected chi connectivity index (χ3v) is 5.27. The lowest BCUT2D eigenvalue weighted by Crippen LogP contribution is -2.49. The van der Waals surface area contributed by atoms with E-state index < -0.39 is 24.2 Å². The summed E-state index contributed by atoms with van der Waals surface area (Å²) in [6.45, 7) is 0.0442. The summed E-state index contributed by atoms with van der Waals surface area (Å²) in [5, 5.41) is 13.4. The van der Waals surface area contributed by atoms with E-state index in [2.05, 4.69) is 5.32 Å². The molecule has 0 aromatic heterocycles. The minimum absolute atomic E-state index is 0.00172. The molecule has 0 aliphatic heterocycles. The number of ether oxygens (including phenoxy) is 4. The van der Waals surface area contributed by atoms with Gasteiger partial charge >= 0.3 is 12.1 Å². The number of aliphatic hydroxyl groups excluding tert-OH is 1. The number of carbonyl (C=O) groups is 2. The topological polar surface area (TPSA) is 103 Å². The van der Waals surface area contributed by atoms with Gasteiger partial charge in [-0.3, -0.25) is 0 Å². The third kappa shape index (κ3) is 7.75. The summed E-state index contributed by atoms with van der Waals surface area (Å²) >= 11 is 0. The zero-order valence-electron chi connectivity index (χ0n) is 19.7. The van der Waals surface area contributed by atoms with Gasteiger partial charge in [-0.15, -0.1) is 0 Å². The number of alkyl carbamates (subject to hydrolysis) is 1. The standard InChI is InChI=1S/C27H29NO7/c1-32-23-14-13-21(16-24(23)33-2)15-22(28-27(31)35-18-20-11-7-4-8-12-20)25(29)26(30)34-17-19-9-5-3-6-10-19/h3-14,16,22,25,29H,15,17-18H2,1-2H3,(H,28,31). The fourth-order valence-corrected chi connectivity index (χ4v) is 3.40.